The molecule has 1 aromatic rings. The van der Waals surface area contributed by atoms with Crippen LogP contribution in [0.25, 0.3) is 0 Å². The van der Waals surface area contributed by atoms with Crippen molar-refractivity contribution in [3.63, 3.8) is 0 Å². The van der Waals surface area contributed by atoms with Crippen molar-refractivity contribution in [2.24, 2.45) is 5.92 Å². The van der Waals surface area contributed by atoms with Crippen molar-refractivity contribution in [3.05, 3.63) is 17.2 Å². The lowest BCUT2D eigenvalue weighted by Gasteiger charge is -2.19. The molecule has 0 aromatic carbocycles. The first kappa shape index (κ1) is 12.2. The number of nitrogens with one attached hydrogen (secondary N) is 1. The van der Waals surface area contributed by atoms with E-state index in [-0.39, 0.29) is 0 Å². The van der Waals surface area contributed by atoms with Crippen molar-refractivity contribution >= 4 is 0 Å². The third kappa shape index (κ3) is 2.19. The van der Waals surface area contributed by atoms with Gasteiger partial charge in [-0.2, -0.15) is 0 Å². The second-order valence-corrected chi connectivity index (χ2v) is 5.79. The zero-order valence-electron chi connectivity index (χ0n) is 11.4. The molecular formula is C14H23N3O. The van der Waals surface area contributed by atoms with Gasteiger partial charge in [0.2, 0.25) is 0 Å². The molecule has 100 valence electrons. The molecule has 0 saturated carbocycles. The largest absolute Gasteiger partial charge is 0.381 e. The Morgan fingerprint density at radius 2 is 2.39 bits per heavy atom. The molecule has 1 aromatic heterocycles. The van der Waals surface area contributed by atoms with Crippen LogP contribution in [-0.4, -0.2) is 29.3 Å². The van der Waals surface area contributed by atoms with Gasteiger partial charge >= 0.3 is 0 Å². The van der Waals surface area contributed by atoms with Gasteiger partial charge in [0.15, 0.2) is 0 Å². The minimum absolute atomic E-state index is 0.498. The maximum atomic E-state index is 5.50. The van der Waals surface area contributed by atoms with Gasteiger partial charge in [-0.05, 0) is 6.42 Å². The summed E-state index contributed by atoms with van der Waals surface area (Å²) in [6.07, 6.45) is 2.31. The van der Waals surface area contributed by atoms with Crippen molar-refractivity contribution in [3.8, 4) is 0 Å². The van der Waals surface area contributed by atoms with Gasteiger partial charge in [0.25, 0.3) is 0 Å². The normalized spacial score (nSPS) is 23.6. The van der Waals surface area contributed by atoms with E-state index >= 15 is 0 Å². The molecular weight excluding hydrogens is 226 g/mol. The molecule has 1 fully saturated rings. The smallest absolute Gasteiger partial charge is 0.111 e. The Labute approximate surface area is 109 Å². The molecule has 3 rings (SSSR count). The van der Waals surface area contributed by atoms with Gasteiger partial charge in [0.05, 0.1) is 12.3 Å². The summed E-state index contributed by atoms with van der Waals surface area (Å²) in [5, 5.41) is 3.41. The summed E-state index contributed by atoms with van der Waals surface area (Å²) < 4.78 is 7.99. The van der Waals surface area contributed by atoms with Crippen LogP contribution in [0.15, 0.2) is 0 Å². The van der Waals surface area contributed by atoms with E-state index in [9.17, 15) is 0 Å². The summed E-state index contributed by atoms with van der Waals surface area (Å²) in [5.41, 5.74) is 2.73. The van der Waals surface area contributed by atoms with Crippen LogP contribution in [0.2, 0.25) is 0 Å². The molecule has 0 aliphatic carbocycles. The summed E-state index contributed by atoms with van der Waals surface area (Å²) in [6, 6.07) is 0. The Morgan fingerprint density at radius 3 is 3.11 bits per heavy atom. The van der Waals surface area contributed by atoms with E-state index < -0.39 is 0 Å². The van der Waals surface area contributed by atoms with Gasteiger partial charge in [0.1, 0.15) is 5.82 Å². The Balaban J connectivity index is 1.91. The van der Waals surface area contributed by atoms with Crippen LogP contribution < -0.4 is 5.32 Å². The summed E-state index contributed by atoms with van der Waals surface area (Å²) >= 11 is 0. The molecule has 0 spiro atoms. The fourth-order valence-electron chi connectivity index (χ4n) is 3.02. The van der Waals surface area contributed by atoms with E-state index in [0.29, 0.717) is 11.8 Å². The van der Waals surface area contributed by atoms with E-state index in [4.69, 9.17) is 9.72 Å². The van der Waals surface area contributed by atoms with Gasteiger partial charge in [-0.3, -0.25) is 0 Å². The summed E-state index contributed by atoms with van der Waals surface area (Å²) in [6.45, 7) is 9.44. The third-order valence-electron chi connectivity index (χ3n) is 4.00. The average Bonchev–Trinajstić information content (AvgIpc) is 2.98. The number of aromatic nitrogens is 2. The molecule has 1 saturated heterocycles. The molecule has 2 aliphatic rings. The predicted octanol–water partition coefficient (Wildman–Crippen LogP) is 1.69. The van der Waals surface area contributed by atoms with Crippen LogP contribution in [-0.2, 0) is 24.2 Å². The monoisotopic (exact) mass is 249 g/mol. The molecule has 2 aliphatic heterocycles. The highest BCUT2D eigenvalue weighted by Crippen LogP contribution is 2.25. The molecule has 1 N–H and O–H groups in total. The molecule has 0 radical (unpaired) electrons. The van der Waals surface area contributed by atoms with Crippen LogP contribution in [0.4, 0.5) is 0 Å². The predicted molar refractivity (Wildman–Crippen MR) is 70.7 cm³/mol. The van der Waals surface area contributed by atoms with Crippen molar-refractivity contribution in [2.45, 2.75) is 45.7 Å². The summed E-state index contributed by atoms with van der Waals surface area (Å²) in [4.78, 5) is 4.85. The van der Waals surface area contributed by atoms with E-state index in [1.165, 1.54) is 23.6 Å². The molecule has 3 heterocycles. The highest BCUT2D eigenvalue weighted by Gasteiger charge is 2.24. The van der Waals surface area contributed by atoms with Crippen LogP contribution in [0.5, 0.6) is 0 Å². The van der Waals surface area contributed by atoms with Gasteiger partial charge in [-0.15, -0.1) is 0 Å². The summed E-state index contributed by atoms with van der Waals surface area (Å²) in [5.74, 6) is 2.43. The molecule has 4 heteroatoms. The molecule has 4 nitrogen and oxygen atoms in total. The second kappa shape index (κ2) is 5.02. The first-order valence-electron chi connectivity index (χ1n) is 7.12. The number of hydrogen-bond acceptors (Lipinski definition) is 3. The first-order chi connectivity index (χ1) is 8.75. The Hall–Kier alpha value is -0.870. The molecule has 1 unspecified atom stereocenters. The lowest BCUT2D eigenvalue weighted by Crippen LogP contribution is -2.26. The maximum absolute atomic E-state index is 5.50. The minimum Gasteiger partial charge on any atom is -0.381 e. The number of hydrogen-bond donors (Lipinski definition) is 1. The lowest BCUT2D eigenvalue weighted by molar-refractivity contribution is 0.182. The van der Waals surface area contributed by atoms with Gasteiger partial charge in [0, 0.05) is 50.2 Å². The zero-order chi connectivity index (χ0) is 12.5. The van der Waals surface area contributed by atoms with E-state index in [1.54, 1.807) is 0 Å². The van der Waals surface area contributed by atoms with Gasteiger partial charge in [-0.1, -0.05) is 13.8 Å². The SMILES string of the molecule is CC(C)c1nc2c(n1CC1CCOC1)CCNC2. The van der Waals surface area contributed by atoms with Crippen molar-refractivity contribution in [1.82, 2.24) is 14.9 Å². The first-order valence-corrected chi connectivity index (χ1v) is 7.12. The maximum Gasteiger partial charge on any atom is 0.111 e. The fourth-order valence-corrected chi connectivity index (χ4v) is 3.02. The molecule has 0 bridgehead atoms. The van der Waals surface area contributed by atoms with Crippen molar-refractivity contribution < 1.29 is 4.74 Å². The van der Waals surface area contributed by atoms with Gasteiger partial charge in [-0.25, -0.2) is 4.98 Å². The Morgan fingerprint density at radius 1 is 1.50 bits per heavy atom. The van der Waals surface area contributed by atoms with Crippen LogP contribution >= 0.6 is 0 Å². The van der Waals surface area contributed by atoms with E-state index in [1.807, 2.05) is 0 Å². The van der Waals surface area contributed by atoms with Crippen LogP contribution in [0, 0.1) is 5.92 Å². The Kier molecular flexibility index (Phi) is 3.39. The average molecular weight is 249 g/mol. The Bertz CT molecular complexity index is 419. The van der Waals surface area contributed by atoms with Crippen LogP contribution in [0.3, 0.4) is 0 Å². The highest BCUT2D eigenvalue weighted by molar-refractivity contribution is 5.21. The number of imidazole rings is 1. The van der Waals surface area contributed by atoms with E-state index in [2.05, 4.69) is 23.7 Å². The van der Waals surface area contributed by atoms with E-state index in [0.717, 1.165) is 39.3 Å². The quantitative estimate of drug-likeness (QED) is 0.886. The van der Waals surface area contributed by atoms with Gasteiger partial charge < -0.3 is 14.6 Å². The molecule has 1 atom stereocenters. The highest BCUT2D eigenvalue weighted by atomic mass is 16.5. The second-order valence-electron chi connectivity index (χ2n) is 5.79. The molecule has 0 amide bonds. The molecule has 18 heavy (non-hydrogen) atoms. The standard InChI is InChI=1S/C14H23N3O/c1-10(2)14-16-12-7-15-5-3-13(12)17(14)8-11-4-6-18-9-11/h10-11,15H,3-9H2,1-2H3. The fraction of sp³-hybridized carbons (Fsp3) is 0.786. The third-order valence-corrected chi connectivity index (χ3v) is 4.00. The summed E-state index contributed by atoms with van der Waals surface area (Å²) in [7, 11) is 0. The number of rotatable bonds is 3. The van der Waals surface area contributed by atoms with Crippen LogP contribution in [0.1, 0.15) is 43.4 Å². The topological polar surface area (TPSA) is 39.1 Å². The van der Waals surface area contributed by atoms with Crippen molar-refractivity contribution in [2.75, 3.05) is 19.8 Å². The minimum atomic E-state index is 0.498. The lowest BCUT2D eigenvalue weighted by atomic mass is 10.1. The number of nitrogens with zero attached hydrogens (tertiary/aromatic N) is 2. The number of fused-ring (bicyclic) bond motifs is 1. The van der Waals surface area contributed by atoms with Crippen molar-refractivity contribution in [1.29, 1.82) is 0 Å². The number of ether oxygens (including phenoxy) is 1. The zero-order valence-corrected chi connectivity index (χ0v) is 11.4.